The molecule has 3 heterocycles. The zero-order chi connectivity index (χ0) is 22.0. The molecule has 1 aromatic carbocycles. The predicted molar refractivity (Wildman–Crippen MR) is 110 cm³/mol. The second kappa shape index (κ2) is 8.41. The molecule has 4 rings (SSSR count). The predicted octanol–water partition coefficient (Wildman–Crippen LogP) is 3.15. The van der Waals surface area contributed by atoms with Crippen LogP contribution < -0.4 is 5.32 Å². The molecule has 0 spiro atoms. The largest absolute Gasteiger partial charge is 0.346 e. The fourth-order valence-electron chi connectivity index (χ4n) is 3.05. The van der Waals surface area contributed by atoms with Gasteiger partial charge in [0.25, 0.3) is 5.91 Å². The van der Waals surface area contributed by atoms with E-state index in [1.54, 1.807) is 41.3 Å². The summed E-state index contributed by atoms with van der Waals surface area (Å²) in [5, 5.41) is 29.7. The van der Waals surface area contributed by atoms with E-state index in [2.05, 4.69) is 30.8 Å². The molecule has 0 aliphatic heterocycles. The number of nitrogens with zero attached hydrogens (tertiary/aromatic N) is 5. The SMILES string of the molecule is C[C@@H](Cn1ccc(-c2cc(F)c(C#N)c(Cl)c2)n1)NC(=O)c1cc(-c2ccn[nH]2)n[nH]1. The van der Waals surface area contributed by atoms with Gasteiger partial charge < -0.3 is 5.32 Å². The standard InChI is InChI=1S/C20H16ClFN8O/c1-11(25-20(31)19-8-18(27-28-19)17-2-4-24-26-17)10-30-5-3-16(29-30)12-6-14(21)13(9-23)15(22)7-12/h2-8,11H,10H2,1H3,(H,24,26)(H,25,31)(H,27,28)/t11-/m0/s1. The van der Waals surface area contributed by atoms with Gasteiger partial charge in [0.2, 0.25) is 0 Å². The van der Waals surface area contributed by atoms with Crippen LogP contribution in [0.5, 0.6) is 0 Å². The van der Waals surface area contributed by atoms with Crippen LogP contribution in [-0.4, -0.2) is 42.1 Å². The Kier molecular flexibility index (Phi) is 5.51. The number of halogens is 2. The van der Waals surface area contributed by atoms with Gasteiger partial charge in [-0.3, -0.25) is 19.7 Å². The van der Waals surface area contributed by atoms with E-state index >= 15 is 0 Å². The van der Waals surface area contributed by atoms with Gasteiger partial charge in [-0.25, -0.2) is 4.39 Å². The van der Waals surface area contributed by atoms with Gasteiger partial charge in [0.05, 0.1) is 23.0 Å². The third kappa shape index (κ3) is 4.31. The molecule has 0 radical (unpaired) electrons. The van der Waals surface area contributed by atoms with Crippen LogP contribution in [0.15, 0.2) is 42.7 Å². The van der Waals surface area contributed by atoms with E-state index in [9.17, 15) is 9.18 Å². The topological polar surface area (TPSA) is 128 Å². The van der Waals surface area contributed by atoms with Gasteiger partial charge in [0.1, 0.15) is 28.8 Å². The van der Waals surface area contributed by atoms with Gasteiger partial charge in [0.15, 0.2) is 0 Å². The van der Waals surface area contributed by atoms with E-state index in [1.165, 1.54) is 12.1 Å². The zero-order valence-electron chi connectivity index (χ0n) is 16.2. The number of aromatic nitrogens is 6. The van der Waals surface area contributed by atoms with Gasteiger partial charge in [-0.05, 0) is 37.3 Å². The summed E-state index contributed by atoms with van der Waals surface area (Å²) in [6.45, 7) is 2.23. The number of hydrogen-bond donors (Lipinski definition) is 3. The van der Waals surface area contributed by atoms with E-state index in [1.807, 2.05) is 6.92 Å². The Morgan fingerprint density at radius 3 is 2.87 bits per heavy atom. The van der Waals surface area contributed by atoms with E-state index < -0.39 is 5.82 Å². The van der Waals surface area contributed by atoms with Crippen LogP contribution in [0.2, 0.25) is 5.02 Å². The number of carbonyl (C=O) groups is 1. The molecular weight excluding hydrogens is 423 g/mol. The van der Waals surface area contributed by atoms with Gasteiger partial charge in [-0.2, -0.15) is 20.6 Å². The van der Waals surface area contributed by atoms with Crippen molar-refractivity contribution < 1.29 is 9.18 Å². The number of aromatic amines is 2. The lowest BCUT2D eigenvalue weighted by Crippen LogP contribution is -2.36. The number of amides is 1. The van der Waals surface area contributed by atoms with Crippen LogP contribution in [-0.2, 0) is 6.54 Å². The lowest BCUT2D eigenvalue weighted by Gasteiger charge is -2.13. The molecule has 11 heteroatoms. The Morgan fingerprint density at radius 2 is 2.16 bits per heavy atom. The molecule has 0 bridgehead atoms. The Balaban J connectivity index is 1.41. The minimum Gasteiger partial charge on any atom is -0.346 e. The van der Waals surface area contributed by atoms with Crippen LogP contribution in [0, 0.1) is 17.1 Å². The molecule has 31 heavy (non-hydrogen) atoms. The number of H-pyrrole nitrogens is 2. The highest BCUT2D eigenvalue weighted by molar-refractivity contribution is 6.32. The molecular formula is C20H16ClFN8O. The van der Waals surface area contributed by atoms with Crippen molar-refractivity contribution in [1.29, 1.82) is 5.26 Å². The van der Waals surface area contributed by atoms with E-state index in [-0.39, 0.29) is 22.5 Å². The second-order valence-electron chi connectivity index (χ2n) is 6.86. The summed E-state index contributed by atoms with van der Waals surface area (Å²) in [4.78, 5) is 12.5. The van der Waals surface area contributed by atoms with Crippen molar-refractivity contribution in [3.63, 3.8) is 0 Å². The quantitative estimate of drug-likeness (QED) is 0.426. The summed E-state index contributed by atoms with van der Waals surface area (Å²) < 4.78 is 15.6. The van der Waals surface area contributed by atoms with Crippen LogP contribution in [0.1, 0.15) is 23.0 Å². The van der Waals surface area contributed by atoms with Crippen molar-refractivity contribution >= 4 is 17.5 Å². The zero-order valence-corrected chi connectivity index (χ0v) is 17.0. The first-order valence-electron chi connectivity index (χ1n) is 9.23. The third-order valence-electron chi connectivity index (χ3n) is 4.53. The summed E-state index contributed by atoms with van der Waals surface area (Å²) in [5.41, 5.74) is 2.37. The van der Waals surface area contributed by atoms with Crippen molar-refractivity contribution in [1.82, 2.24) is 35.5 Å². The molecule has 0 fully saturated rings. The third-order valence-corrected chi connectivity index (χ3v) is 4.83. The summed E-state index contributed by atoms with van der Waals surface area (Å²) in [7, 11) is 0. The summed E-state index contributed by atoms with van der Waals surface area (Å²) in [5.74, 6) is -1.01. The highest BCUT2D eigenvalue weighted by atomic mass is 35.5. The van der Waals surface area contributed by atoms with Crippen LogP contribution >= 0.6 is 11.6 Å². The molecule has 1 amide bonds. The van der Waals surface area contributed by atoms with Crippen LogP contribution in [0.25, 0.3) is 22.6 Å². The minimum absolute atomic E-state index is 0.0294. The maximum Gasteiger partial charge on any atom is 0.269 e. The number of nitrogens with one attached hydrogen (secondary N) is 3. The number of rotatable bonds is 6. The highest BCUT2D eigenvalue weighted by Gasteiger charge is 2.16. The molecule has 0 saturated heterocycles. The summed E-state index contributed by atoms with van der Waals surface area (Å²) >= 11 is 5.97. The maximum atomic E-state index is 14.0. The molecule has 0 unspecified atom stereocenters. The fourth-order valence-corrected chi connectivity index (χ4v) is 3.30. The number of nitriles is 1. The lowest BCUT2D eigenvalue weighted by molar-refractivity contribution is 0.0931. The Bertz CT molecular complexity index is 1250. The molecule has 9 nitrogen and oxygen atoms in total. The molecule has 156 valence electrons. The molecule has 0 aliphatic carbocycles. The maximum absolute atomic E-state index is 14.0. The molecule has 0 aliphatic rings. The first-order chi connectivity index (χ1) is 14.9. The first kappa shape index (κ1) is 20.3. The smallest absolute Gasteiger partial charge is 0.269 e. The highest BCUT2D eigenvalue weighted by Crippen LogP contribution is 2.26. The van der Waals surface area contributed by atoms with Crippen LogP contribution in [0.3, 0.4) is 0 Å². The summed E-state index contributed by atoms with van der Waals surface area (Å²) in [6, 6.07) is 9.29. The monoisotopic (exact) mass is 438 g/mol. The average molecular weight is 439 g/mol. The Hall–Kier alpha value is -3.97. The second-order valence-corrected chi connectivity index (χ2v) is 7.27. The summed E-state index contributed by atoms with van der Waals surface area (Å²) in [6.07, 6.45) is 3.32. The minimum atomic E-state index is -0.700. The van der Waals surface area contributed by atoms with E-state index in [0.29, 0.717) is 34.9 Å². The number of benzene rings is 1. The Morgan fingerprint density at radius 1 is 1.32 bits per heavy atom. The molecule has 3 aromatic heterocycles. The molecule has 1 atom stereocenters. The lowest BCUT2D eigenvalue weighted by atomic mass is 10.1. The Labute approximate surface area is 180 Å². The van der Waals surface area contributed by atoms with Crippen molar-refractivity contribution in [3.05, 3.63) is 64.8 Å². The van der Waals surface area contributed by atoms with Crippen molar-refractivity contribution in [2.75, 3.05) is 0 Å². The molecule has 0 saturated carbocycles. The van der Waals surface area contributed by atoms with Crippen molar-refractivity contribution in [2.24, 2.45) is 0 Å². The molecule has 4 aromatic rings. The van der Waals surface area contributed by atoms with E-state index in [0.717, 1.165) is 0 Å². The fraction of sp³-hybridized carbons (Fsp3) is 0.150. The van der Waals surface area contributed by atoms with Crippen molar-refractivity contribution in [3.8, 4) is 28.7 Å². The van der Waals surface area contributed by atoms with Gasteiger partial charge in [-0.1, -0.05) is 11.6 Å². The van der Waals surface area contributed by atoms with Crippen molar-refractivity contribution in [2.45, 2.75) is 19.5 Å². The van der Waals surface area contributed by atoms with Gasteiger partial charge >= 0.3 is 0 Å². The van der Waals surface area contributed by atoms with Crippen LogP contribution in [0.4, 0.5) is 4.39 Å². The number of hydrogen-bond acceptors (Lipinski definition) is 5. The van der Waals surface area contributed by atoms with E-state index in [4.69, 9.17) is 16.9 Å². The van der Waals surface area contributed by atoms with Gasteiger partial charge in [-0.15, -0.1) is 0 Å². The average Bonchev–Trinajstić information content (AvgIpc) is 3.48. The molecule has 3 N–H and O–H groups in total. The van der Waals surface area contributed by atoms with Gasteiger partial charge in [0, 0.05) is 24.0 Å². The number of carbonyl (C=O) groups excluding carboxylic acids is 1. The normalized spacial score (nSPS) is 11.8. The first-order valence-corrected chi connectivity index (χ1v) is 9.61.